The summed E-state index contributed by atoms with van der Waals surface area (Å²) in [6, 6.07) is 5.96. The topological polar surface area (TPSA) is 140 Å². The highest BCUT2D eigenvalue weighted by Gasteiger charge is 2.29. The van der Waals surface area contributed by atoms with Crippen LogP contribution in [0.2, 0.25) is 0 Å². The number of nitrogens with one attached hydrogen (secondary N) is 1. The van der Waals surface area contributed by atoms with E-state index in [2.05, 4.69) is 20.5 Å². The summed E-state index contributed by atoms with van der Waals surface area (Å²) >= 11 is 0. The zero-order valence-electron chi connectivity index (χ0n) is 16.0. The quantitative estimate of drug-likeness (QED) is 0.418. The number of aromatic nitrogens is 2. The number of hydrogen-bond acceptors (Lipinski definition) is 10. The summed E-state index contributed by atoms with van der Waals surface area (Å²) < 4.78 is 29.7. The minimum Gasteiger partial charge on any atom is -0.378 e. The predicted molar refractivity (Wildman–Crippen MR) is 111 cm³/mol. The number of nitro benzene ring substituents is 1. The lowest BCUT2D eigenvalue weighted by Gasteiger charge is -2.31. The number of anilines is 2. The third-order valence-corrected chi connectivity index (χ3v) is 6.43. The number of fused-ring (bicyclic) bond motifs is 1. The van der Waals surface area contributed by atoms with Gasteiger partial charge in [0, 0.05) is 37.2 Å². The van der Waals surface area contributed by atoms with Gasteiger partial charge in [0.25, 0.3) is 5.69 Å². The second-order valence-corrected chi connectivity index (χ2v) is 9.14. The Labute approximate surface area is 172 Å². The second kappa shape index (κ2) is 8.32. The average Bonchev–Trinajstić information content (AvgIpc) is 2.74. The number of rotatable bonds is 5. The molecule has 0 aliphatic carbocycles. The average molecular weight is 432 g/mol. The van der Waals surface area contributed by atoms with Gasteiger partial charge >= 0.3 is 0 Å². The first-order chi connectivity index (χ1) is 14.4. The Morgan fingerprint density at radius 3 is 2.63 bits per heavy atom. The van der Waals surface area contributed by atoms with Crippen molar-refractivity contribution >= 4 is 33.5 Å². The summed E-state index contributed by atoms with van der Waals surface area (Å²) in [7, 11) is -3.17. The molecule has 1 N–H and O–H groups in total. The van der Waals surface area contributed by atoms with Gasteiger partial charge in [-0.25, -0.2) is 18.8 Å². The smallest absolute Gasteiger partial charge is 0.269 e. The van der Waals surface area contributed by atoms with Gasteiger partial charge in [-0.15, -0.1) is 0 Å². The molecule has 1 saturated heterocycles. The molecule has 11 nitrogen and oxygen atoms in total. The van der Waals surface area contributed by atoms with Gasteiger partial charge in [0.15, 0.2) is 9.84 Å². The van der Waals surface area contributed by atoms with E-state index in [1.807, 2.05) is 4.90 Å². The van der Waals surface area contributed by atoms with E-state index >= 15 is 0 Å². The van der Waals surface area contributed by atoms with Crippen molar-refractivity contribution in [1.82, 2.24) is 9.97 Å². The molecule has 30 heavy (non-hydrogen) atoms. The molecule has 2 aliphatic rings. The molecule has 0 radical (unpaired) electrons. The van der Waals surface area contributed by atoms with Crippen LogP contribution in [0, 0.1) is 10.1 Å². The number of morpholine rings is 1. The monoisotopic (exact) mass is 432 g/mol. The lowest BCUT2D eigenvalue weighted by molar-refractivity contribution is -0.384. The number of aryl methyl sites for hydroxylation is 1. The predicted octanol–water partition coefficient (Wildman–Crippen LogP) is 1.14. The molecule has 1 aromatic heterocycles. The zero-order chi connectivity index (χ0) is 21.1. The number of nitrogens with zero attached hydrogens (tertiary/aromatic N) is 5. The first kappa shape index (κ1) is 20.2. The van der Waals surface area contributed by atoms with Gasteiger partial charge in [0.2, 0.25) is 5.95 Å². The maximum atomic E-state index is 12.1. The maximum Gasteiger partial charge on any atom is 0.269 e. The Balaban J connectivity index is 1.58. The Morgan fingerprint density at radius 2 is 1.93 bits per heavy atom. The number of ether oxygens (including phenoxy) is 1. The van der Waals surface area contributed by atoms with Crippen molar-refractivity contribution in [1.29, 1.82) is 0 Å². The highest BCUT2D eigenvalue weighted by Crippen LogP contribution is 2.29. The van der Waals surface area contributed by atoms with Crippen molar-refractivity contribution in [3.05, 3.63) is 51.2 Å². The molecule has 2 aromatic rings. The van der Waals surface area contributed by atoms with E-state index < -0.39 is 14.8 Å². The van der Waals surface area contributed by atoms with E-state index in [9.17, 15) is 18.5 Å². The molecular weight excluding hydrogens is 412 g/mol. The van der Waals surface area contributed by atoms with E-state index in [1.165, 1.54) is 18.3 Å². The Kier molecular flexibility index (Phi) is 5.59. The molecule has 0 spiro atoms. The Bertz CT molecular complexity index is 1080. The summed E-state index contributed by atoms with van der Waals surface area (Å²) in [5.74, 6) is 0.860. The van der Waals surface area contributed by atoms with Crippen LogP contribution in [-0.2, 0) is 26.7 Å². The lowest BCUT2D eigenvalue weighted by atomic mass is 10.1. The third kappa shape index (κ3) is 4.54. The molecule has 0 amide bonds. The van der Waals surface area contributed by atoms with Crippen molar-refractivity contribution < 1.29 is 18.1 Å². The Morgan fingerprint density at radius 1 is 1.20 bits per heavy atom. The van der Waals surface area contributed by atoms with Crippen molar-refractivity contribution in [3.63, 3.8) is 0 Å². The van der Waals surface area contributed by atoms with Gasteiger partial charge in [-0.1, -0.05) is 0 Å². The summed E-state index contributed by atoms with van der Waals surface area (Å²) in [6.45, 7) is 2.34. The third-order valence-electron chi connectivity index (χ3n) is 4.88. The van der Waals surface area contributed by atoms with Gasteiger partial charge in [-0.3, -0.25) is 10.1 Å². The van der Waals surface area contributed by atoms with Crippen LogP contribution in [0.5, 0.6) is 0 Å². The van der Waals surface area contributed by atoms with Crippen LogP contribution in [0.3, 0.4) is 0 Å². The van der Waals surface area contributed by atoms with Crippen LogP contribution in [0.15, 0.2) is 29.4 Å². The highest BCUT2D eigenvalue weighted by atomic mass is 32.2. The van der Waals surface area contributed by atoms with Crippen LogP contribution in [0.4, 0.5) is 17.5 Å². The highest BCUT2D eigenvalue weighted by molar-refractivity contribution is 7.90. The molecule has 0 atom stereocenters. The minimum absolute atomic E-state index is 0.00300. The Hall–Kier alpha value is -3.12. The number of sulfone groups is 1. The van der Waals surface area contributed by atoms with Crippen LogP contribution in [0.1, 0.15) is 16.8 Å². The first-order valence-electron chi connectivity index (χ1n) is 9.38. The SMILES string of the molecule is O=[N+]([O-])c1ccc(/C=N/Nc2nc3c(c(N4CCOCC4)n2)CS(=O)(=O)CC3)cc1. The van der Waals surface area contributed by atoms with Crippen molar-refractivity contribution in [2.45, 2.75) is 12.2 Å². The summed E-state index contributed by atoms with van der Waals surface area (Å²) in [6.07, 6.45) is 1.84. The lowest BCUT2D eigenvalue weighted by Crippen LogP contribution is -2.38. The molecule has 0 unspecified atom stereocenters. The molecule has 3 heterocycles. The van der Waals surface area contributed by atoms with Crippen molar-refractivity contribution in [2.24, 2.45) is 5.10 Å². The van der Waals surface area contributed by atoms with Crippen LogP contribution in [-0.4, -0.2) is 61.6 Å². The van der Waals surface area contributed by atoms with Crippen molar-refractivity contribution in [3.8, 4) is 0 Å². The van der Waals surface area contributed by atoms with Gasteiger partial charge < -0.3 is 9.64 Å². The largest absolute Gasteiger partial charge is 0.378 e. The normalized spacial score (nSPS) is 18.2. The molecule has 1 fully saturated rings. The summed E-state index contributed by atoms with van der Waals surface area (Å²) in [5, 5.41) is 14.8. The minimum atomic E-state index is -3.17. The van der Waals surface area contributed by atoms with Crippen LogP contribution < -0.4 is 10.3 Å². The number of hydrogen-bond donors (Lipinski definition) is 1. The van der Waals surface area contributed by atoms with E-state index in [4.69, 9.17) is 4.74 Å². The fourth-order valence-electron chi connectivity index (χ4n) is 3.35. The summed E-state index contributed by atoms with van der Waals surface area (Å²) in [4.78, 5) is 21.2. The number of benzene rings is 1. The van der Waals surface area contributed by atoms with Crippen LogP contribution >= 0.6 is 0 Å². The van der Waals surface area contributed by atoms with Gasteiger partial charge in [-0.05, 0) is 17.7 Å². The van der Waals surface area contributed by atoms with Gasteiger partial charge in [-0.2, -0.15) is 10.1 Å². The van der Waals surface area contributed by atoms with E-state index in [-0.39, 0.29) is 23.1 Å². The number of hydrazone groups is 1. The maximum absolute atomic E-state index is 12.1. The van der Waals surface area contributed by atoms with E-state index in [0.29, 0.717) is 55.4 Å². The molecule has 1 aromatic carbocycles. The fourth-order valence-corrected chi connectivity index (χ4v) is 4.73. The number of non-ortho nitro benzene ring substituents is 1. The second-order valence-electron chi connectivity index (χ2n) is 6.96. The molecule has 2 aliphatic heterocycles. The van der Waals surface area contributed by atoms with Gasteiger partial charge in [0.1, 0.15) is 5.82 Å². The zero-order valence-corrected chi connectivity index (χ0v) is 16.8. The van der Waals surface area contributed by atoms with Crippen molar-refractivity contribution in [2.75, 3.05) is 42.4 Å². The van der Waals surface area contributed by atoms with Crippen LogP contribution in [0.25, 0.3) is 0 Å². The molecule has 4 rings (SSSR count). The van der Waals surface area contributed by atoms with E-state index in [0.717, 1.165) is 0 Å². The fraction of sp³-hybridized carbons (Fsp3) is 0.389. The molecule has 0 saturated carbocycles. The molecule has 158 valence electrons. The summed E-state index contributed by atoms with van der Waals surface area (Å²) in [5.41, 5.74) is 4.81. The van der Waals surface area contributed by atoms with Gasteiger partial charge in [0.05, 0.1) is 41.6 Å². The number of nitro groups is 1. The molecule has 0 bridgehead atoms. The van der Waals surface area contributed by atoms with E-state index in [1.54, 1.807) is 12.1 Å². The molecule has 12 heteroatoms. The molecular formula is C18H20N6O5S. The first-order valence-corrected chi connectivity index (χ1v) is 11.2. The standard InChI is InChI=1S/C18H20N6O5S/c25-24(26)14-3-1-13(2-4-14)11-19-22-18-20-16-5-10-30(27,28)12-15(16)17(21-18)23-6-8-29-9-7-23/h1-4,11H,5-10,12H2,(H,20,21,22)/b19-11+.